The first kappa shape index (κ1) is 14.8. The summed E-state index contributed by atoms with van der Waals surface area (Å²) in [4.78, 5) is 17.0. The fourth-order valence-electron chi connectivity index (χ4n) is 3.45. The summed E-state index contributed by atoms with van der Waals surface area (Å²) in [7, 11) is 0. The summed E-state index contributed by atoms with van der Waals surface area (Å²) < 4.78 is 0. The zero-order valence-corrected chi connectivity index (χ0v) is 12.9. The largest absolute Gasteiger partial charge is 0.337 e. The highest BCUT2D eigenvalue weighted by molar-refractivity contribution is 5.79. The third-order valence-corrected chi connectivity index (χ3v) is 4.58. The Labute approximate surface area is 117 Å². The zero-order chi connectivity index (χ0) is 14.0. The topological polar surface area (TPSA) is 35.6 Å². The molecule has 1 N–H and O–H groups in total. The molecule has 0 aromatic rings. The summed E-state index contributed by atoms with van der Waals surface area (Å²) in [5, 5.41) is 3.41. The van der Waals surface area contributed by atoms with Crippen molar-refractivity contribution in [3.05, 3.63) is 0 Å². The number of carbonyl (C=O) groups excluding carboxylic acids is 1. The van der Waals surface area contributed by atoms with E-state index >= 15 is 0 Å². The van der Waals surface area contributed by atoms with Crippen molar-refractivity contribution < 1.29 is 4.79 Å². The van der Waals surface area contributed by atoms with Gasteiger partial charge in [-0.1, -0.05) is 13.8 Å². The Balaban J connectivity index is 2.00. The number of piperazine rings is 1. The Kier molecular flexibility index (Phi) is 4.51. The SMILES string of the molecule is CC(C)C(=O)N1CCC(N2CCNCC2)CC1(C)C. The number of hydrogen-bond donors (Lipinski definition) is 1. The van der Waals surface area contributed by atoms with Gasteiger partial charge < -0.3 is 10.2 Å². The minimum absolute atomic E-state index is 0.00482. The van der Waals surface area contributed by atoms with E-state index in [0.717, 1.165) is 45.6 Å². The smallest absolute Gasteiger partial charge is 0.225 e. The Bertz CT molecular complexity index is 321. The molecule has 2 rings (SSSR count). The Hall–Kier alpha value is -0.610. The number of amides is 1. The van der Waals surface area contributed by atoms with Gasteiger partial charge in [-0.05, 0) is 26.7 Å². The minimum atomic E-state index is -0.00482. The van der Waals surface area contributed by atoms with Crippen molar-refractivity contribution in [2.75, 3.05) is 32.7 Å². The highest BCUT2D eigenvalue weighted by atomic mass is 16.2. The molecule has 0 radical (unpaired) electrons. The second kappa shape index (κ2) is 5.80. The van der Waals surface area contributed by atoms with E-state index in [4.69, 9.17) is 0 Å². The van der Waals surface area contributed by atoms with Crippen LogP contribution in [0.25, 0.3) is 0 Å². The Morgan fingerprint density at radius 3 is 2.37 bits per heavy atom. The number of rotatable bonds is 2. The average molecular weight is 267 g/mol. The molecule has 2 saturated heterocycles. The van der Waals surface area contributed by atoms with E-state index in [1.807, 2.05) is 13.8 Å². The van der Waals surface area contributed by atoms with Crippen LogP contribution in [0.4, 0.5) is 0 Å². The molecule has 1 amide bonds. The third kappa shape index (κ3) is 3.29. The van der Waals surface area contributed by atoms with Gasteiger partial charge in [0.25, 0.3) is 0 Å². The van der Waals surface area contributed by atoms with Crippen LogP contribution in [0.3, 0.4) is 0 Å². The zero-order valence-electron chi connectivity index (χ0n) is 12.9. The van der Waals surface area contributed by atoms with Crippen LogP contribution in [-0.2, 0) is 4.79 Å². The summed E-state index contributed by atoms with van der Waals surface area (Å²) >= 11 is 0. The molecule has 4 heteroatoms. The molecule has 4 nitrogen and oxygen atoms in total. The number of likely N-dealkylation sites (tertiary alicyclic amines) is 1. The molecule has 0 spiro atoms. The molecule has 1 atom stereocenters. The van der Waals surface area contributed by atoms with Gasteiger partial charge in [0, 0.05) is 50.2 Å². The fourth-order valence-corrected chi connectivity index (χ4v) is 3.45. The van der Waals surface area contributed by atoms with Gasteiger partial charge in [-0.2, -0.15) is 0 Å². The predicted molar refractivity (Wildman–Crippen MR) is 78.1 cm³/mol. The normalized spacial score (nSPS) is 28.7. The van der Waals surface area contributed by atoms with Crippen LogP contribution < -0.4 is 5.32 Å². The summed E-state index contributed by atoms with van der Waals surface area (Å²) in [6, 6.07) is 0.647. The second-order valence-corrected chi connectivity index (χ2v) is 6.89. The molecule has 110 valence electrons. The quantitative estimate of drug-likeness (QED) is 0.819. The van der Waals surface area contributed by atoms with Crippen molar-refractivity contribution >= 4 is 5.91 Å². The van der Waals surface area contributed by atoms with Crippen LogP contribution in [0, 0.1) is 5.92 Å². The van der Waals surface area contributed by atoms with Crippen LogP contribution in [0.2, 0.25) is 0 Å². The summed E-state index contributed by atoms with van der Waals surface area (Å²) in [6.45, 7) is 13.9. The molecule has 2 heterocycles. The van der Waals surface area contributed by atoms with Crippen LogP contribution in [0.5, 0.6) is 0 Å². The molecule has 0 aromatic carbocycles. The van der Waals surface area contributed by atoms with Gasteiger partial charge in [0.15, 0.2) is 0 Å². The number of nitrogens with one attached hydrogen (secondary N) is 1. The van der Waals surface area contributed by atoms with E-state index in [-0.39, 0.29) is 11.5 Å². The van der Waals surface area contributed by atoms with Crippen LogP contribution in [0.1, 0.15) is 40.5 Å². The molecule has 0 aliphatic carbocycles. The molecule has 2 aliphatic rings. The van der Waals surface area contributed by atoms with Crippen molar-refractivity contribution in [1.82, 2.24) is 15.1 Å². The molecule has 19 heavy (non-hydrogen) atoms. The van der Waals surface area contributed by atoms with Crippen molar-refractivity contribution in [2.45, 2.75) is 52.1 Å². The van der Waals surface area contributed by atoms with Gasteiger partial charge in [0.05, 0.1) is 0 Å². The molecule has 1 unspecified atom stereocenters. The third-order valence-electron chi connectivity index (χ3n) is 4.58. The lowest BCUT2D eigenvalue weighted by Gasteiger charge is -2.49. The van der Waals surface area contributed by atoms with Gasteiger partial charge in [0.2, 0.25) is 5.91 Å². The van der Waals surface area contributed by atoms with E-state index in [0.29, 0.717) is 11.9 Å². The Morgan fingerprint density at radius 1 is 1.21 bits per heavy atom. The Morgan fingerprint density at radius 2 is 1.84 bits per heavy atom. The standard InChI is InChI=1S/C15H29N3O/c1-12(2)14(19)18-8-5-13(11-15(18,3)4)17-9-6-16-7-10-17/h12-13,16H,5-11H2,1-4H3. The van der Waals surface area contributed by atoms with Crippen molar-refractivity contribution in [3.63, 3.8) is 0 Å². The highest BCUT2D eigenvalue weighted by Gasteiger charge is 2.39. The summed E-state index contributed by atoms with van der Waals surface area (Å²) in [5.41, 5.74) is -0.00482. The second-order valence-electron chi connectivity index (χ2n) is 6.89. The van der Waals surface area contributed by atoms with Crippen LogP contribution in [0.15, 0.2) is 0 Å². The summed E-state index contributed by atoms with van der Waals surface area (Å²) in [6.07, 6.45) is 2.23. The monoisotopic (exact) mass is 267 g/mol. The molecular weight excluding hydrogens is 238 g/mol. The van der Waals surface area contributed by atoms with E-state index in [1.165, 1.54) is 0 Å². The van der Waals surface area contributed by atoms with E-state index in [2.05, 4.69) is 29.0 Å². The number of piperidine rings is 1. The molecular formula is C15H29N3O. The number of hydrogen-bond acceptors (Lipinski definition) is 3. The maximum absolute atomic E-state index is 12.3. The number of carbonyl (C=O) groups is 1. The minimum Gasteiger partial charge on any atom is -0.337 e. The summed E-state index contributed by atoms with van der Waals surface area (Å²) in [5.74, 6) is 0.416. The molecule has 2 aliphatic heterocycles. The molecule has 0 saturated carbocycles. The number of nitrogens with zero attached hydrogens (tertiary/aromatic N) is 2. The lowest BCUT2D eigenvalue weighted by Crippen LogP contribution is -2.60. The fraction of sp³-hybridized carbons (Fsp3) is 0.933. The lowest BCUT2D eigenvalue weighted by molar-refractivity contribution is -0.143. The van der Waals surface area contributed by atoms with Gasteiger partial charge in [-0.15, -0.1) is 0 Å². The van der Waals surface area contributed by atoms with Gasteiger partial charge in [0.1, 0.15) is 0 Å². The van der Waals surface area contributed by atoms with Crippen LogP contribution >= 0.6 is 0 Å². The van der Waals surface area contributed by atoms with Crippen LogP contribution in [-0.4, -0.2) is 60.0 Å². The van der Waals surface area contributed by atoms with Gasteiger partial charge >= 0.3 is 0 Å². The van der Waals surface area contributed by atoms with Gasteiger partial charge in [-0.25, -0.2) is 0 Å². The average Bonchev–Trinajstić information content (AvgIpc) is 2.37. The maximum atomic E-state index is 12.3. The molecule has 0 bridgehead atoms. The molecule has 2 fully saturated rings. The first-order valence-electron chi connectivity index (χ1n) is 7.68. The van der Waals surface area contributed by atoms with Crippen molar-refractivity contribution in [3.8, 4) is 0 Å². The van der Waals surface area contributed by atoms with Crippen molar-refractivity contribution in [2.24, 2.45) is 5.92 Å². The van der Waals surface area contributed by atoms with E-state index < -0.39 is 0 Å². The van der Waals surface area contributed by atoms with Gasteiger partial charge in [-0.3, -0.25) is 9.69 Å². The maximum Gasteiger partial charge on any atom is 0.225 e. The highest BCUT2D eigenvalue weighted by Crippen LogP contribution is 2.31. The van der Waals surface area contributed by atoms with E-state index in [9.17, 15) is 4.79 Å². The first-order valence-corrected chi connectivity index (χ1v) is 7.68. The first-order chi connectivity index (χ1) is 8.92. The lowest BCUT2D eigenvalue weighted by atomic mass is 9.85. The molecule has 0 aromatic heterocycles. The van der Waals surface area contributed by atoms with E-state index in [1.54, 1.807) is 0 Å². The predicted octanol–water partition coefficient (Wildman–Crippen LogP) is 1.32. The van der Waals surface area contributed by atoms with Crippen molar-refractivity contribution in [1.29, 1.82) is 0 Å².